The van der Waals surface area contributed by atoms with Crippen molar-refractivity contribution in [3.8, 4) is 0 Å². The van der Waals surface area contributed by atoms with Gasteiger partial charge < -0.3 is 28.5 Å². The van der Waals surface area contributed by atoms with Crippen molar-refractivity contribution >= 4 is 16.6 Å². The van der Waals surface area contributed by atoms with Gasteiger partial charge in [-0.1, -0.05) is 41.5 Å². The molecule has 0 radical (unpaired) electrons. The minimum Gasteiger partial charge on any atom is -0.414 e. The topological polar surface area (TPSA) is 77.4 Å². The van der Waals surface area contributed by atoms with E-state index in [1.807, 2.05) is 0 Å². The van der Waals surface area contributed by atoms with Crippen LogP contribution in [0.5, 0.6) is 0 Å². The normalized spacial score (nSPS) is 30.6. The first-order chi connectivity index (χ1) is 12.4. The highest BCUT2D eigenvalue weighted by molar-refractivity contribution is 6.74. The number of ether oxygens (including phenoxy) is 2. The predicted molar refractivity (Wildman–Crippen MR) is 113 cm³/mol. The highest BCUT2D eigenvalue weighted by Crippen LogP contribution is 2.37. The number of aliphatic hydroxyl groups is 2. The van der Waals surface area contributed by atoms with Gasteiger partial charge in [0, 0.05) is 7.11 Å². The molecule has 0 spiro atoms. The first kappa shape index (κ1) is 25.2. The van der Waals surface area contributed by atoms with Gasteiger partial charge in [0.2, 0.25) is 0 Å². The molecular formula is C19H42O6Si2. The SMILES string of the molecule is CC[Si](CC)(CC)O[C@@H]1[C@@H](OC)O[C@H](CO[Si](C)(C)C(C)(C)C)[C@@H](O)[C@@H]1O. The Morgan fingerprint density at radius 2 is 1.48 bits per heavy atom. The summed E-state index contributed by atoms with van der Waals surface area (Å²) in [7, 11) is -2.42. The summed E-state index contributed by atoms with van der Waals surface area (Å²) in [5.74, 6) is 0. The minimum atomic E-state index is -1.99. The Bertz CT molecular complexity index is 438. The van der Waals surface area contributed by atoms with Crippen molar-refractivity contribution in [3.63, 3.8) is 0 Å². The van der Waals surface area contributed by atoms with Gasteiger partial charge in [0.1, 0.15) is 24.4 Å². The van der Waals surface area contributed by atoms with Crippen LogP contribution in [-0.4, -0.2) is 71.3 Å². The summed E-state index contributed by atoms with van der Waals surface area (Å²) >= 11 is 0. The van der Waals surface area contributed by atoms with Gasteiger partial charge in [-0.2, -0.15) is 0 Å². The second-order valence-electron chi connectivity index (χ2n) is 9.16. The molecule has 8 heteroatoms. The Morgan fingerprint density at radius 3 is 1.89 bits per heavy atom. The molecule has 0 aromatic carbocycles. The largest absolute Gasteiger partial charge is 0.414 e. The van der Waals surface area contributed by atoms with Gasteiger partial charge in [0.05, 0.1) is 6.61 Å². The Labute approximate surface area is 167 Å². The van der Waals surface area contributed by atoms with Gasteiger partial charge in [-0.05, 0) is 36.3 Å². The van der Waals surface area contributed by atoms with E-state index in [1.165, 1.54) is 0 Å². The average Bonchev–Trinajstić information content (AvgIpc) is 2.61. The molecule has 27 heavy (non-hydrogen) atoms. The van der Waals surface area contributed by atoms with E-state index in [-0.39, 0.29) is 11.6 Å². The summed E-state index contributed by atoms with van der Waals surface area (Å²) in [6, 6.07) is 2.86. The highest BCUT2D eigenvalue weighted by Gasteiger charge is 2.49. The zero-order valence-corrected chi connectivity index (χ0v) is 20.7. The van der Waals surface area contributed by atoms with Crippen molar-refractivity contribution in [2.75, 3.05) is 13.7 Å². The first-order valence-electron chi connectivity index (χ1n) is 10.2. The third-order valence-electron chi connectivity index (χ3n) is 6.61. The number of hydrogen-bond donors (Lipinski definition) is 2. The highest BCUT2D eigenvalue weighted by atomic mass is 28.4. The van der Waals surface area contributed by atoms with E-state index < -0.39 is 47.3 Å². The molecule has 0 aromatic rings. The van der Waals surface area contributed by atoms with Crippen LogP contribution >= 0.6 is 0 Å². The lowest BCUT2D eigenvalue weighted by Crippen LogP contribution is -2.63. The molecular weight excluding hydrogens is 380 g/mol. The third-order valence-corrected chi connectivity index (χ3v) is 15.7. The van der Waals surface area contributed by atoms with E-state index in [0.717, 1.165) is 18.1 Å². The number of hydrogen-bond acceptors (Lipinski definition) is 6. The number of rotatable bonds is 9. The van der Waals surface area contributed by atoms with Crippen molar-refractivity contribution in [1.29, 1.82) is 0 Å². The molecule has 1 aliphatic rings. The summed E-state index contributed by atoms with van der Waals surface area (Å²) in [6.45, 7) is 17.4. The van der Waals surface area contributed by atoms with Gasteiger partial charge in [-0.25, -0.2) is 0 Å². The Morgan fingerprint density at radius 1 is 0.963 bits per heavy atom. The summed E-state index contributed by atoms with van der Waals surface area (Å²) < 4.78 is 24.1. The summed E-state index contributed by atoms with van der Waals surface area (Å²) in [5.41, 5.74) is 0. The van der Waals surface area contributed by atoms with Crippen molar-refractivity contribution < 1.29 is 28.5 Å². The van der Waals surface area contributed by atoms with Crippen molar-refractivity contribution in [3.05, 3.63) is 0 Å². The number of methoxy groups -OCH3 is 1. The Hall–Kier alpha value is 0.194. The van der Waals surface area contributed by atoms with E-state index in [2.05, 4.69) is 54.6 Å². The lowest BCUT2D eigenvalue weighted by atomic mass is 9.99. The maximum absolute atomic E-state index is 10.8. The van der Waals surface area contributed by atoms with Gasteiger partial charge >= 0.3 is 0 Å². The van der Waals surface area contributed by atoms with Crippen molar-refractivity contribution in [1.82, 2.24) is 0 Å². The van der Waals surface area contributed by atoms with E-state index in [1.54, 1.807) is 7.11 Å². The monoisotopic (exact) mass is 422 g/mol. The van der Waals surface area contributed by atoms with Crippen LogP contribution < -0.4 is 0 Å². The van der Waals surface area contributed by atoms with Gasteiger partial charge in [0.25, 0.3) is 0 Å². The van der Waals surface area contributed by atoms with Crippen LogP contribution in [0.15, 0.2) is 0 Å². The zero-order valence-electron chi connectivity index (χ0n) is 18.7. The summed E-state index contributed by atoms with van der Waals surface area (Å²) in [4.78, 5) is 0. The second-order valence-corrected chi connectivity index (χ2v) is 18.7. The minimum absolute atomic E-state index is 0.0616. The summed E-state index contributed by atoms with van der Waals surface area (Å²) in [5, 5.41) is 21.5. The Kier molecular flexibility index (Phi) is 9.16. The molecule has 0 unspecified atom stereocenters. The fraction of sp³-hybridized carbons (Fsp3) is 1.00. The molecule has 1 saturated heterocycles. The van der Waals surface area contributed by atoms with Crippen LogP contribution in [-0.2, 0) is 18.3 Å². The van der Waals surface area contributed by atoms with Crippen molar-refractivity contribution in [2.24, 2.45) is 0 Å². The molecule has 1 aliphatic heterocycles. The third kappa shape index (κ3) is 5.85. The van der Waals surface area contributed by atoms with E-state index in [9.17, 15) is 10.2 Å². The standard InChI is InChI=1S/C19H42O6Si2/c1-10-27(11-2,12-3)25-17-16(21)15(20)14(24-18(17)22-7)13-23-26(8,9)19(4,5)6/h14-18,20-21H,10-13H2,1-9H3/t14-,15-,16+,17+,18+/m1/s1. The van der Waals surface area contributed by atoms with Gasteiger partial charge in [-0.3, -0.25) is 0 Å². The maximum Gasteiger partial charge on any atom is 0.192 e. The fourth-order valence-electron chi connectivity index (χ4n) is 3.15. The fourth-order valence-corrected chi connectivity index (χ4v) is 7.00. The van der Waals surface area contributed by atoms with Gasteiger partial charge in [-0.15, -0.1) is 0 Å². The van der Waals surface area contributed by atoms with Crippen LogP contribution in [0.25, 0.3) is 0 Å². The molecule has 1 rings (SSSR count). The van der Waals surface area contributed by atoms with Crippen LogP contribution in [0.4, 0.5) is 0 Å². The molecule has 1 fully saturated rings. The molecule has 6 nitrogen and oxygen atoms in total. The second kappa shape index (κ2) is 9.80. The Balaban J connectivity index is 2.89. The maximum atomic E-state index is 10.8. The smallest absolute Gasteiger partial charge is 0.192 e. The molecule has 2 N–H and O–H groups in total. The summed E-state index contributed by atoms with van der Waals surface area (Å²) in [6.07, 6.45) is -4.16. The van der Waals surface area contributed by atoms with Crippen LogP contribution in [0.3, 0.4) is 0 Å². The molecule has 0 saturated carbocycles. The lowest BCUT2D eigenvalue weighted by Gasteiger charge is -2.46. The molecule has 0 aromatic heterocycles. The van der Waals surface area contributed by atoms with Crippen molar-refractivity contribution in [2.45, 2.75) is 109 Å². The van der Waals surface area contributed by atoms with E-state index in [0.29, 0.717) is 0 Å². The molecule has 162 valence electrons. The molecule has 0 amide bonds. The lowest BCUT2D eigenvalue weighted by molar-refractivity contribution is -0.289. The number of aliphatic hydroxyl groups excluding tert-OH is 2. The first-order valence-corrected chi connectivity index (χ1v) is 15.7. The van der Waals surface area contributed by atoms with Crippen LogP contribution in [0.2, 0.25) is 36.3 Å². The van der Waals surface area contributed by atoms with E-state index >= 15 is 0 Å². The average molecular weight is 423 g/mol. The zero-order chi connectivity index (χ0) is 21.0. The van der Waals surface area contributed by atoms with E-state index in [4.69, 9.17) is 18.3 Å². The molecule has 1 heterocycles. The van der Waals surface area contributed by atoms with Crippen LogP contribution in [0.1, 0.15) is 41.5 Å². The van der Waals surface area contributed by atoms with Crippen LogP contribution in [0, 0.1) is 0 Å². The molecule has 5 atom stereocenters. The molecule has 0 bridgehead atoms. The quantitative estimate of drug-likeness (QED) is 0.554. The van der Waals surface area contributed by atoms with Gasteiger partial charge in [0.15, 0.2) is 22.9 Å². The predicted octanol–water partition coefficient (Wildman–Crippen LogP) is 3.49. The molecule has 0 aliphatic carbocycles.